The van der Waals surface area contributed by atoms with Gasteiger partial charge >= 0.3 is 12.1 Å². The summed E-state index contributed by atoms with van der Waals surface area (Å²) in [7, 11) is 0. The summed E-state index contributed by atoms with van der Waals surface area (Å²) in [6, 6.07) is 2.82. The van der Waals surface area contributed by atoms with Crippen LogP contribution in [0.15, 0.2) is 36.6 Å². The largest absolute Gasteiger partial charge is 0.479 e. The van der Waals surface area contributed by atoms with E-state index in [1.54, 1.807) is 6.92 Å². The Morgan fingerprint density at radius 1 is 1.22 bits per heavy atom. The number of hydrogen-bond donors (Lipinski definition) is 2. The Balaban J connectivity index is 2.89. The summed E-state index contributed by atoms with van der Waals surface area (Å²) in [4.78, 5) is 34.8. The number of nitrogens with zero attached hydrogens (tertiary/aromatic N) is 2. The minimum atomic E-state index is -2.19. The first-order valence-corrected chi connectivity index (χ1v) is 6.60. The van der Waals surface area contributed by atoms with E-state index in [9.17, 15) is 29.9 Å². The maximum atomic E-state index is 11.9. The average Bonchev–Trinajstić information content (AvgIpc) is 2.48. The summed E-state index contributed by atoms with van der Waals surface area (Å²) < 4.78 is 0. The number of aliphatic carboxylic acids is 1. The van der Waals surface area contributed by atoms with Crippen LogP contribution in [0.5, 0.6) is 0 Å². The second-order valence-corrected chi connectivity index (χ2v) is 5.09. The number of nitro benzene ring substituents is 1. The number of hydrogen-bond acceptors (Lipinski definition) is 4. The van der Waals surface area contributed by atoms with Crippen molar-refractivity contribution >= 4 is 17.7 Å². The van der Waals surface area contributed by atoms with E-state index in [0.29, 0.717) is 16.0 Å². The van der Waals surface area contributed by atoms with Crippen LogP contribution in [-0.2, 0) is 10.3 Å². The van der Waals surface area contributed by atoms with Crippen LogP contribution in [0, 0.1) is 24.0 Å². The molecule has 0 bridgehead atoms. The molecule has 0 saturated carbocycles. The quantitative estimate of drug-likeness (QED) is 0.652. The van der Waals surface area contributed by atoms with Gasteiger partial charge in [-0.1, -0.05) is 12.1 Å². The van der Waals surface area contributed by atoms with Gasteiger partial charge in [0.25, 0.3) is 5.69 Å². The molecule has 0 radical (unpaired) electrons. The molecule has 0 aromatic heterocycles. The molecular formula is C15H14N2O6. The molecule has 1 amide bonds. The zero-order valence-corrected chi connectivity index (χ0v) is 12.4. The molecule has 0 spiro atoms. The standard InChI is InChI=1S/C15H14N2O6/c1-9-5-6-11(12(10(9)2)17(22)23)15(13(18)19)7-3-4-8-16(15)14(20)21/h3-8H,1-2H3,(H,18,19)(H,20,21). The first-order valence-electron chi connectivity index (χ1n) is 6.60. The maximum absolute atomic E-state index is 11.9. The summed E-state index contributed by atoms with van der Waals surface area (Å²) in [5.74, 6) is -1.52. The van der Waals surface area contributed by atoms with E-state index < -0.39 is 28.2 Å². The molecule has 23 heavy (non-hydrogen) atoms. The summed E-state index contributed by atoms with van der Waals surface area (Å²) >= 11 is 0. The normalized spacial score (nSPS) is 19.7. The number of nitro groups is 1. The molecule has 1 atom stereocenters. The lowest BCUT2D eigenvalue weighted by atomic mass is 9.83. The predicted octanol–water partition coefficient (Wildman–Crippen LogP) is 2.56. The van der Waals surface area contributed by atoms with E-state index in [1.807, 2.05) is 0 Å². The van der Waals surface area contributed by atoms with Crippen LogP contribution in [0.2, 0.25) is 0 Å². The number of benzene rings is 1. The van der Waals surface area contributed by atoms with Crippen LogP contribution >= 0.6 is 0 Å². The van der Waals surface area contributed by atoms with Crippen molar-refractivity contribution in [1.29, 1.82) is 0 Å². The molecule has 120 valence electrons. The van der Waals surface area contributed by atoms with Crippen molar-refractivity contribution < 1.29 is 24.7 Å². The third kappa shape index (κ3) is 2.33. The maximum Gasteiger partial charge on any atom is 0.412 e. The predicted molar refractivity (Wildman–Crippen MR) is 80.0 cm³/mol. The van der Waals surface area contributed by atoms with E-state index in [4.69, 9.17) is 0 Å². The summed E-state index contributed by atoms with van der Waals surface area (Å²) in [5, 5.41) is 30.5. The zero-order valence-electron chi connectivity index (χ0n) is 12.4. The Morgan fingerprint density at radius 3 is 2.39 bits per heavy atom. The van der Waals surface area contributed by atoms with Crippen molar-refractivity contribution in [3.05, 3.63) is 63.4 Å². The minimum Gasteiger partial charge on any atom is -0.479 e. The number of carboxylic acid groups (broad SMARTS) is 2. The van der Waals surface area contributed by atoms with E-state index in [0.717, 1.165) is 12.3 Å². The van der Waals surface area contributed by atoms with Crippen molar-refractivity contribution in [2.75, 3.05) is 0 Å². The van der Waals surface area contributed by atoms with E-state index in [1.165, 1.54) is 31.2 Å². The molecule has 1 unspecified atom stereocenters. The number of aryl methyl sites for hydroxylation is 1. The molecule has 0 saturated heterocycles. The van der Waals surface area contributed by atoms with Crippen LogP contribution in [0.4, 0.5) is 10.5 Å². The Kier molecular flexibility index (Phi) is 3.92. The van der Waals surface area contributed by atoms with Gasteiger partial charge in [0.05, 0.1) is 10.5 Å². The molecule has 1 heterocycles. The summed E-state index contributed by atoms with van der Waals surface area (Å²) in [6.07, 6.45) is 3.37. The number of amides is 1. The molecule has 2 N–H and O–H groups in total. The van der Waals surface area contributed by atoms with Crippen LogP contribution in [0.25, 0.3) is 0 Å². The van der Waals surface area contributed by atoms with Crippen LogP contribution < -0.4 is 0 Å². The fourth-order valence-electron chi connectivity index (χ4n) is 2.60. The van der Waals surface area contributed by atoms with Gasteiger partial charge in [0.1, 0.15) is 0 Å². The fourth-order valence-corrected chi connectivity index (χ4v) is 2.60. The second-order valence-electron chi connectivity index (χ2n) is 5.09. The Bertz CT molecular complexity index is 767. The SMILES string of the molecule is Cc1ccc(C2(C(=O)O)C=CC=CN2C(=O)O)c([N+](=O)[O-])c1C. The lowest BCUT2D eigenvalue weighted by molar-refractivity contribution is -0.386. The van der Waals surface area contributed by atoms with Crippen molar-refractivity contribution in [1.82, 2.24) is 4.90 Å². The lowest BCUT2D eigenvalue weighted by Gasteiger charge is -2.36. The minimum absolute atomic E-state index is 0.207. The third-order valence-corrected chi connectivity index (χ3v) is 3.89. The molecular weight excluding hydrogens is 304 g/mol. The van der Waals surface area contributed by atoms with Gasteiger partial charge in [-0.15, -0.1) is 0 Å². The first kappa shape index (κ1) is 16.2. The molecule has 0 aliphatic carbocycles. The molecule has 1 aliphatic rings. The fraction of sp³-hybridized carbons (Fsp3) is 0.200. The van der Waals surface area contributed by atoms with E-state index >= 15 is 0 Å². The van der Waals surface area contributed by atoms with Crippen LogP contribution in [0.3, 0.4) is 0 Å². The van der Waals surface area contributed by atoms with E-state index in [-0.39, 0.29) is 5.56 Å². The van der Waals surface area contributed by atoms with Gasteiger partial charge in [0.15, 0.2) is 5.54 Å². The van der Waals surface area contributed by atoms with Gasteiger partial charge in [-0.25, -0.2) is 9.59 Å². The van der Waals surface area contributed by atoms with Crippen molar-refractivity contribution in [3.8, 4) is 0 Å². The van der Waals surface area contributed by atoms with Gasteiger partial charge < -0.3 is 10.2 Å². The molecule has 8 heteroatoms. The van der Waals surface area contributed by atoms with Gasteiger partial charge in [0.2, 0.25) is 0 Å². The van der Waals surface area contributed by atoms with Gasteiger partial charge in [-0.05, 0) is 37.6 Å². The van der Waals surface area contributed by atoms with Crippen molar-refractivity contribution in [3.63, 3.8) is 0 Å². The average molecular weight is 318 g/mol. The highest BCUT2D eigenvalue weighted by Crippen LogP contribution is 2.41. The molecule has 1 aromatic carbocycles. The molecule has 1 aromatic rings. The van der Waals surface area contributed by atoms with Crippen LogP contribution in [-0.4, -0.2) is 32.1 Å². The van der Waals surface area contributed by atoms with Crippen LogP contribution in [0.1, 0.15) is 16.7 Å². The smallest absolute Gasteiger partial charge is 0.412 e. The van der Waals surface area contributed by atoms with Gasteiger partial charge in [-0.3, -0.25) is 15.0 Å². The lowest BCUT2D eigenvalue weighted by Crippen LogP contribution is -2.51. The first-order chi connectivity index (χ1) is 10.7. The second kappa shape index (κ2) is 5.56. The van der Waals surface area contributed by atoms with Crippen molar-refractivity contribution in [2.24, 2.45) is 0 Å². The molecule has 8 nitrogen and oxygen atoms in total. The highest BCUT2D eigenvalue weighted by atomic mass is 16.6. The Hall–Kier alpha value is -3.16. The molecule has 2 rings (SSSR count). The van der Waals surface area contributed by atoms with Gasteiger partial charge in [-0.2, -0.15) is 0 Å². The monoisotopic (exact) mass is 318 g/mol. The number of carbonyl (C=O) groups is 2. The highest BCUT2D eigenvalue weighted by molar-refractivity contribution is 5.90. The zero-order chi connectivity index (χ0) is 17.4. The number of carboxylic acids is 1. The van der Waals surface area contributed by atoms with Gasteiger partial charge in [0, 0.05) is 11.8 Å². The van der Waals surface area contributed by atoms with E-state index in [2.05, 4.69) is 0 Å². The Morgan fingerprint density at radius 2 is 1.87 bits per heavy atom. The number of rotatable bonds is 3. The third-order valence-electron chi connectivity index (χ3n) is 3.89. The number of allylic oxidation sites excluding steroid dienone is 2. The molecule has 1 aliphatic heterocycles. The topological polar surface area (TPSA) is 121 Å². The van der Waals surface area contributed by atoms with Crippen molar-refractivity contribution in [2.45, 2.75) is 19.4 Å². The highest BCUT2D eigenvalue weighted by Gasteiger charge is 2.50. The summed E-state index contributed by atoms with van der Waals surface area (Å²) in [6.45, 7) is 3.16. The Labute approximate surface area is 131 Å². The summed E-state index contributed by atoms with van der Waals surface area (Å²) in [5.41, 5.74) is -1.90. The molecule has 0 fully saturated rings.